The Bertz CT molecular complexity index is 381. The number of methoxy groups -OCH3 is 1. The predicted molar refractivity (Wildman–Crippen MR) is 92.3 cm³/mol. The summed E-state index contributed by atoms with van der Waals surface area (Å²) in [6.07, 6.45) is 10.6. The molecule has 1 aromatic carbocycles. The van der Waals surface area contributed by atoms with Crippen LogP contribution in [0.1, 0.15) is 68.7 Å². The molecule has 3 heteroatoms. The van der Waals surface area contributed by atoms with Crippen molar-refractivity contribution in [1.29, 1.82) is 0 Å². The molecule has 0 heterocycles. The van der Waals surface area contributed by atoms with Gasteiger partial charge in [-0.25, -0.2) is 0 Å². The highest BCUT2D eigenvalue weighted by Crippen LogP contribution is 2.33. The summed E-state index contributed by atoms with van der Waals surface area (Å²) in [7, 11) is 1.64. The summed E-state index contributed by atoms with van der Waals surface area (Å²) >= 11 is 9.92. The number of unbranched alkanes of at least 4 members (excludes halogenated alkanes) is 6. The second-order valence-corrected chi connectivity index (χ2v) is 6.78. The highest BCUT2D eigenvalue weighted by atomic mass is 79.9. The molecule has 0 amide bonds. The van der Waals surface area contributed by atoms with Gasteiger partial charge in [-0.2, -0.15) is 0 Å². The second-order valence-electron chi connectivity index (χ2n) is 5.27. The van der Waals surface area contributed by atoms with Crippen molar-refractivity contribution >= 4 is 27.5 Å². The van der Waals surface area contributed by atoms with Crippen LogP contribution >= 0.6 is 27.5 Å². The molecular weight excluding hydrogens is 336 g/mol. The topological polar surface area (TPSA) is 9.23 Å². The van der Waals surface area contributed by atoms with E-state index in [9.17, 15) is 0 Å². The quantitative estimate of drug-likeness (QED) is 0.324. The monoisotopic (exact) mass is 360 g/mol. The van der Waals surface area contributed by atoms with Crippen molar-refractivity contribution < 1.29 is 4.74 Å². The Morgan fingerprint density at radius 3 is 2.35 bits per heavy atom. The molecule has 1 atom stereocenters. The molecule has 1 rings (SSSR count). The van der Waals surface area contributed by atoms with Crippen molar-refractivity contribution in [2.24, 2.45) is 0 Å². The molecule has 0 spiro atoms. The standard InChI is InChI=1S/C17H26BrClO/c1-3-4-5-6-7-8-9-10-15(18)14-11-12-17(20-2)16(19)13-14/h11-13,15H,3-10H2,1-2H3. The van der Waals surface area contributed by atoms with Crippen LogP contribution in [-0.2, 0) is 0 Å². The lowest BCUT2D eigenvalue weighted by Crippen LogP contribution is -1.92. The van der Waals surface area contributed by atoms with Gasteiger partial charge in [-0.05, 0) is 24.1 Å². The normalized spacial score (nSPS) is 12.4. The lowest BCUT2D eigenvalue weighted by Gasteiger charge is -2.12. The highest BCUT2D eigenvalue weighted by molar-refractivity contribution is 9.09. The van der Waals surface area contributed by atoms with Gasteiger partial charge in [0.2, 0.25) is 0 Å². The number of hydrogen-bond donors (Lipinski definition) is 0. The fraction of sp³-hybridized carbons (Fsp3) is 0.647. The number of rotatable bonds is 10. The van der Waals surface area contributed by atoms with Gasteiger partial charge in [0.15, 0.2) is 0 Å². The van der Waals surface area contributed by atoms with E-state index in [1.54, 1.807) is 7.11 Å². The molecule has 0 aliphatic rings. The SMILES string of the molecule is CCCCCCCCCC(Br)c1ccc(OC)c(Cl)c1. The average molecular weight is 362 g/mol. The van der Waals surface area contributed by atoms with Crippen LogP contribution in [0.5, 0.6) is 5.75 Å². The summed E-state index contributed by atoms with van der Waals surface area (Å²) in [6.45, 7) is 2.26. The van der Waals surface area contributed by atoms with E-state index in [0.29, 0.717) is 9.85 Å². The van der Waals surface area contributed by atoms with E-state index in [1.807, 2.05) is 12.1 Å². The van der Waals surface area contributed by atoms with Crippen LogP contribution in [0.15, 0.2) is 18.2 Å². The van der Waals surface area contributed by atoms with Crippen LogP contribution in [0.2, 0.25) is 5.02 Å². The third kappa shape index (κ3) is 6.49. The largest absolute Gasteiger partial charge is 0.495 e. The highest BCUT2D eigenvalue weighted by Gasteiger charge is 2.09. The molecule has 0 fully saturated rings. The van der Waals surface area contributed by atoms with Crippen molar-refractivity contribution in [3.05, 3.63) is 28.8 Å². The zero-order chi connectivity index (χ0) is 14.8. The second kappa shape index (κ2) is 10.5. The Labute approximate surface area is 137 Å². The third-order valence-corrected chi connectivity index (χ3v) is 4.88. The zero-order valence-electron chi connectivity index (χ0n) is 12.6. The van der Waals surface area contributed by atoms with E-state index in [4.69, 9.17) is 16.3 Å². The first-order valence-electron chi connectivity index (χ1n) is 7.66. The minimum atomic E-state index is 0.390. The maximum atomic E-state index is 6.16. The molecule has 0 saturated carbocycles. The number of hydrogen-bond acceptors (Lipinski definition) is 1. The van der Waals surface area contributed by atoms with Crippen LogP contribution in [0.3, 0.4) is 0 Å². The van der Waals surface area contributed by atoms with Gasteiger partial charge in [-0.15, -0.1) is 0 Å². The molecule has 1 nitrogen and oxygen atoms in total. The lowest BCUT2D eigenvalue weighted by molar-refractivity contribution is 0.415. The van der Waals surface area contributed by atoms with Crippen LogP contribution in [0, 0.1) is 0 Å². The summed E-state index contributed by atoms with van der Waals surface area (Å²) in [6, 6.07) is 6.03. The number of benzene rings is 1. The average Bonchev–Trinajstić information content (AvgIpc) is 2.46. The van der Waals surface area contributed by atoms with Crippen molar-refractivity contribution in [3.8, 4) is 5.75 Å². The summed E-state index contributed by atoms with van der Waals surface area (Å²) in [5, 5.41) is 0.689. The molecule has 0 N–H and O–H groups in total. The maximum Gasteiger partial charge on any atom is 0.137 e. The minimum absolute atomic E-state index is 0.390. The van der Waals surface area contributed by atoms with E-state index < -0.39 is 0 Å². The predicted octanol–water partition coefficient (Wildman–Crippen LogP) is 6.93. The number of alkyl halides is 1. The first-order chi connectivity index (χ1) is 9.69. The minimum Gasteiger partial charge on any atom is -0.495 e. The third-order valence-electron chi connectivity index (χ3n) is 3.60. The van der Waals surface area contributed by atoms with Gasteiger partial charge in [0.05, 0.1) is 12.1 Å². The summed E-state index contributed by atoms with van der Waals surface area (Å²) in [5.74, 6) is 0.742. The first kappa shape index (κ1) is 17.8. The Morgan fingerprint density at radius 1 is 1.10 bits per heavy atom. The van der Waals surface area contributed by atoms with Crippen LogP contribution in [-0.4, -0.2) is 7.11 Å². The van der Waals surface area contributed by atoms with Crippen LogP contribution < -0.4 is 4.74 Å². The molecule has 0 aliphatic heterocycles. The van der Waals surface area contributed by atoms with Gasteiger partial charge in [0.25, 0.3) is 0 Å². The molecule has 0 bridgehead atoms. The Morgan fingerprint density at radius 2 is 1.75 bits per heavy atom. The fourth-order valence-electron chi connectivity index (χ4n) is 2.32. The lowest BCUT2D eigenvalue weighted by atomic mass is 10.0. The summed E-state index contributed by atoms with van der Waals surface area (Å²) < 4.78 is 5.18. The van der Waals surface area contributed by atoms with Gasteiger partial charge in [0.1, 0.15) is 5.75 Å². The van der Waals surface area contributed by atoms with E-state index in [2.05, 4.69) is 28.9 Å². The number of halogens is 2. The molecule has 20 heavy (non-hydrogen) atoms. The van der Waals surface area contributed by atoms with Crippen LogP contribution in [0.25, 0.3) is 0 Å². The fourth-order valence-corrected chi connectivity index (χ4v) is 3.20. The number of ether oxygens (including phenoxy) is 1. The van der Waals surface area contributed by atoms with Gasteiger partial charge < -0.3 is 4.74 Å². The Kier molecular flexibility index (Phi) is 9.37. The maximum absolute atomic E-state index is 6.16. The van der Waals surface area contributed by atoms with Crippen molar-refractivity contribution in [3.63, 3.8) is 0 Å². The molecule has 0 saturated heterocycles. The first-order valence-corrected chi connectivity index (χ1v) is 8.96. The Hall–Kier alpha value is -0.210. The smallest absolute Gasteiger partial charge is 0.137 e. The molecule has 114 valence electrons. The molecule has 0 radical (unpaired) electrons. The van der Waals surface area contributed by atoms with Crippen molar-refractivity contribution in [1.82, 2.24) is 0 Å². The van der Waals surface area contributed by atoms with E-state index in [-0.39, 0.29) is 0 Å². The van der Waals surface area contributed by atoms with E-state index >= 15 is 0 Å². The molecular formula is C17H26BrClO. The molecule has 0 aliphatic carbocycles. The van der Waals surface area contributed by atoms with Crippen molar-refractivity contribution in [2.45, 2.75) is 63.1 Å². The van der Waals surface area contributed by atoms with Gasteiger partial charge in [-0.1, -0.05) is 85.5 Å². The molecule has 1 aromatic rings. The van der Waals surface area contributed by atoms with Crippen LogP contribution in [0.4, 0.5) is 0 Å². The summed E-state index contributed by atoms with van der Waals surface area (Å²) in [4.78, 5) is 0.390. The van der Waals surface area contributed by atoms with E-state index in [1.165, 1.54) is 50.5 Å². The summed E-state index contributed by atoms with van der Waals surface area (Å²) in [5.41, 5.74) is 1.24. The van der Waals surface area contributed by atoms with Crippen molar-refractivity contribution in [2.75, 3.05) is 7.11 Å². The van der Waals surface area contributed by atoms with E-state index in [0.717, 1.165) is 12.2 Å². The Balaban J connectivity index is 2.25. The van der Waals surface area contributed by atoms with Gasteiger partial charge in [0, 0.05) is 4.83 Å². The van der Waals surface area contributed by atoms with Gasteiger partial charge >= 0.3 is 0 Å². The molecule has 1 unspecified atom stereocenters. The zero-order valence-corrected chi connectivity index (χ0v) is 15.0. The van der Waals surface area contributed by atoms with Gasteiger partial charge in [-0.3, -0.25) is 0 Å². The molecule has 0 aromatic heterocycles.